The third-order valence-electron chi connectivity index (χ3n) is 3.69. The van der Waals surface area contributed by atoms with E-state index in [4.69, 9.17) is 5.73 Å². The van der Waals surface area contributed by atoms with Gasteiger partial charge in [-0.2, -0.15) is 0 Å². The molecule has 7 heteroatoms. The van der Waals surface area contributed by atoms with Gasteiger partial charge in [0.05, 0.1) is 4.90 Å². The number of piperidine rings is 1. The number of benzene rings is 1. The van der Waals surface area contributed by atoms with Crippen LogP contribution in [0.5, 0.6) is 0 Å². The van der Waals surface area contributed by atoms with Crippen LogP contribution in [0.15, 0.2) is 27.6 Å². The summed E-state index contributed by atoms with van der Waals surface area (Å²) in [5.74, 6) is 0. The lowest BCUT2D eigenvalue weighted by molar-refractivity contribution is 0.233. The van der Waals surface area contributed by atoms with Crippen molar-refractivity contribution in [3.63, 3.8) is 0 Å². The Hall–Kier alpha value is -0.470. The summed E-state index contributed by atoms with van der Waals surface area (Å²) in [6.45, 7) is 3.64. The van der Waals surface area contributed by atoms with Gasteiger partial charge in [-0.15, -0.1) is 0 Å². The third-order valence-corrected chi connectivity index (χ3v) is 6.14. The maximum atomic E-state index is 12.4. The van der Waals surface area contributed by atoms with Crippen LogP contribution in [0.2, 0.25) is 0 Å². The number of rotatable bonds is 6. The number of halogens is 1. The first-order valence-corrected chi connectivity index (χ1v) is 9.51. The summed E-state index contributed by atoms with van der Waals surface area (Å²) >= 11 is 3.29. The third kappa shape index (κ3) is 4.75. The Labute approximate surface area is 135 Å². The van der Waals surface area contributed by atoms with Crippen molar-refractivity contribution in [3.8, 4) is 0 Å². The van der Waals surface area contributed by atoms with E-state index in [-0.39, 0.29) is 4.90 Å². The number of hydrogen-bond donors (Lipinski definition) is 2. The highest BCUT2D eigenvalue weighted by molar-refractivity contribution is 9.10. The average Bonchev–Trinajstić information content (AvgIpc) is 2.48. The molecular formula is C14H22BrN3O2S. The van der Waals surface area contributed by atoms with Crippen molar-refractivity contribution >= 4 is 26.0 Å². The van der Waals surface area contributed by atoms with Gasteiger partial charge in [0.25, 0.3) is 0 Å². The van der Waals surface area contributed by atoms with Crippen LogP contribution < -0.4 is 10.5 Å². The minimum atomic E-state index is -3.50. The number of nitrogens with zero attached hydrogens (tertiary/aromatic N) is 1. The molecule has 2 rings (SSSR count). The Bertz CT molecular complexity index is 572. The maximum Gasteiger partial charge on any atom is 0.241 e. The summed E-state index contributed by atoms with van der Waals surface area (Å²) in [7, 11) is -3.50. The van der Waals surface area contributed by atoms with Crippen molar-refractivity contribution in [3.05, 3.63) is 28.2 Å². The number of hydrogen-bond acceptors (Lipinski definition) is 4. The van der Waals surface area contributed by atoms with Crippen molar-refractivity contribution in [2.24, 2.45) is 5.73 Å². The normalized spacial score (nSPS) is 17.0. The van der Waals surface area contributed by atoms with Gasteiger partial charge < -0.3 is 10.6 Å². The van der Waals surface area contributed by atoms with Gasteiger partial charge in [-0.1, -0.05) is 12.5 Å². The Kier molecular flexibility index (Phi) is 6.19. The maximum absolute atomic E-state index is 12.4. The van der Waals surface area contributed by atoms with Crippen LogP contribution in [0.3, 0.4) is 0 Å². The second-order valence-electron chi connectivity index (χ2n) is 5.27. The van der Waals surface area contributed by atoms with Gasteiger partial charge in [-0.3, -0.25) is 0 Å². The molecule has 0 atom stereocenters. The zero-order chi connectivity index (χ0) is 15.3. The molecule has 1 aliphatic heterocycles. The number of sulfonamides is 1. The lowest BCUT2D eigenvalue weighted by Gasteiger charge is -2.26. The molecule has 118 valence electrons. The Balaban J connectivity index is 1.97. The first-order chi connectivity index (χ1) is 10.0. The van der Waals surface area contributed by atoms with Crippen LogP contribution >= 0.6 is 15.9 Å². The second kappa shape index (κ2) is 7.69. The molecule has 0 spiro atoms. The van der Waals surface area contributed by atoms with Crippen LogP contribution in [-0.4, -0.2) is 39.5 Å². The van der Waals surface area contributed by atoms with E-state index in [2.05, 4.69) is 25.6 Å². The Morgan fingerprint density at radius 3 is 2.62 bits per heavy atom. The molecule has 21 heavy (non-hydrogen) atoms. The quantitative estimate of drug-likeness (QED) is 0.792. The average molecular weight is 376 g/mol. The Morgan fingerprint density at radius 2 is 1.95 bits per heavy atom. The molecule has 1 aromatic carbocycles. The Morgan fingerprint density at radius 1 is 1.24 bits per heavy atom. The minimum absolute atomic E-state index is 0.254. The number of nitrogens with two attached hydrogens (primary N) is 1. The monoisotopic (exact) mass is 375 g/mol. The molecule has 0 aliphatic carbocycles. The van der Waals surface area contributed by atoms with E-state index in [1.807, 2.05) is 6.07 Å². The highest BCUT2D eigenvalue weighted by Gasteiger charge is 2.18. The highest BCUT2D eigenvalue weighted by Crippen LogP contribution is 2.23. The van der Waals surface area contributed by atoms with E-state index in [0.717, 1.165) is 25.2 Å². The van der Waals surface area contributed by atoms with Crippen molar-refractivity contribution in [2.75, 3.05) is 26.2 Å². The molecule has 0 radical (unpaired) electrons. The van der Waals surface area contributed by atoms with Crippen LogP contribution in [0.25, 0.3) is 0 Å². The SMILES string of the molecule is NCc1ccc(Br)c(S(=O)(=O)NCCN2CCCCC2)c1. The summed E-state index contributed by atoms with van der Waals surface area (Å²) in [5, 5.41) is 0. The molecular weight excluding hydrogens is 354 g/mol. The van der Waals surface area contributed by atoms with Gasteiger partial charge in [0.2, 0.25) is 10.0 Å². The predicted octanol–water partition coefficient (Wildman–Crippen LogP) is 1.67. The molecule has 0 unspecified atom stereocenters. The van der Waals surface area contributed by atoms with Crippen LogP contribution in [0.1, 0.15) is 24.8 Å². The molecule has 1 heterocycles. The van der Waals surface area contributed by atoms with E-state index >= 15 is 0 Å². The molecule has 1 saturated heterocycles. The smallest absolute Gasteiger partial charge is 0.241 e. The summed E-state index contributed by atoms with van der Waals surface area (Å²) in [6, 6.07) is 5.16. The fourth-order valence-electron chi connectivity index (χ4n) is 2.48. The predicted molar refractivity (Wildman–Crippen MR) is 87.5 cm³/mol. The van der Waals surface area contributed by atoms with Crippen molar-refractivity contribution in [1.82, 2.24) is 9.62 Å². The lowest BCUT2D eigenvalue weighted by atomic mass is 10.1. The standard InChI is InChI=1S/C14H22BrN3O2S/c15-13-5-4-12(11-16)10-14(13)21(19,20)17-6-9-18-7-2-1-3-8-18/h4-5,10,17H,1-3,6-9,11,16H2. The number of nitrogens with one attached hydrogen (secondary N) is 1. The topological polar surface area (TPSA) is 75.4 Å². The minimum Gasteiger partial charge on any atom is -0.326 e. The molecule has 1 aliphatic rings. The molecule has 1 fully saturated rings. The van der Waals surface area contributed by atoms with Crippen molar-refractivity contribution in [1.29, 1.82) is 0 Å². The number of likely N-dealkylation sites (tertiary alicyclic amines) is 1. The largest absolute Gasteiger partial charge is 0.326 e. The second-order valence-corrected chi connectivity index (χ2v) is 7.86. The fourth-order valence-corrected chi connectivity index (χ4v) is 4.51. The first kappa shape index (κ1) is 16.9. The van der Waals surface area contributed by atoms with Crippen molar-refractivity contribution in [2.45, 2.75) is 30.7 Å². The van der Waals surface area contributed by atoms with Gasteiger partial charge in [0.1, 0.15) is 0 Å². The van der Waals surface area contributed by atoms with E-state index in [9.17, 15) is 8.42 Å². The summed E-state index contributed by atoms with van der Waals surface area (Å²) in [4.78, 5) is 2.56. The zero-order valence-electron chi connectivity index (χ0n) is 12.0. The van der Waals surface area contributed by atoms with E-state index < -0.39 is 10.0 Å². The van der Waals surface area contributed by atoms with Gasteiger partial charge >= 0.3 is 0 Å². The molecule has 0 saturated carbocycles. The van der Waals surface area contributed by atoms with Gasteiger partial charge in [0.15, 0.2) is 0 Å². The van der Waals surface area contributed by atoms with E-state index in [1.54, 1.807) is 12.1 Å². The van der Waals surface area contributed by atoms with E-state index in [0.29, 0.717) is 17.6 Å². The van der Waals surface area contributed by atoms with E-state index in [1.165, 1.54) is 19.3 Å². The zero-order valence-corrected chi connectivity index (χ0v) is 14.4. The molecule has 5 nitrogen and oxygen atoms in total. The summed E-state index contributed by atoms with van der Waals surface area (Å²) in [5.41, 5.74) is 6.37. The van der Waals surface area contributed by atoms with Crippen LogP contribution in [0, 0.1) is 0 Å². The fraction of sp³-hybridized carbons (Fsp3) is 0.571. The first-order valence-electron chi connectivity index (χ1n) is 7.23. The molecule has 0 amide bonds. The van der Waals surface area contributed by atoms with Gasteiger partial charge in [0, 0.05) is 24.1 Å². The van der Waals surface area contributed by atoms with Gasteiger partial charge in [-0.05, 0) is 59.6 Å². The van der Waals surface area contributed by atoms with Crippen molar-refractivity contribution < 1.29 is 8.42 Å². The molecule has 1 aromatic rings. The van der Waals surface area contributed by atoms with Crippen LogP contribution in [-0.2, 0) is 16.6 Å². The summed E-state index contributed by atoms with van der Waals surface area (Å²) in [6.07, 6.45) is 3.69. The highest BCUT2D eigenvalue weighted by atomic mass is 79.9. The summed E-state index contributed by atoms with van der Waals surface area (Å²) < 4.78 is 28.0. The van der Waals surface area contributed by atoms with Crippen LogP contribution in [0.4, 0.5) is 0 Å². The molecule has 0 aromatic heterocycles. The lowest BCUT2D eigenvalue weighted by Crippen LogP contribution is -2.37. The van der Waals surface area contributed by atoms with Gasteiger partial charge in [-0.25, -0.2) is 13.1 Å². The molecule has 3 N–H and O–H groups in total. The molecule has 0 bridgehead atoms.